The van der Waals surface area contributed by atoms with Crippen LogP contribution < -0.4 is 0 Å². The Bertz CT molecular complexity index is 174. The van der Waals surface area contributed by atoms with Crippen molar-refractivity contribution in [3.63, 3.8) is 0 Å². The fraction of sp³-hybridized carbons (Fsp3) is 0.667. The lowest BCUT2D eigenvalue weighted by molar-refractivity contribution is 0.296. The van der Waals surface area contributed by atoms with Gasteiger partial charge in [-0.3, -0.25) is 0 Å². The summed E-state index contributed by atoms with van der Waals surface area (Å²) >= 11 is 0. The number of hydrogen-bond donors (Lipinski definition) is 0. The lowest BCUT2D eigenvalue weighted by Crippen LogP contribution is -1.95. The standard InChI is InChI=1S/C9H15NO/c1-4-7-9(6-3)10-11-8-5-2/h4,6-7H2,1-3H3/b10-9+. The number of hydrogen-bond acceptors (Lipinski definition) is 2. The minimum atomic E-state index is 0.944. The first-order valence-electron chi connectivity index (χ1n) is 3.98. The van der Waals surface area contributed by atoms with Crippen LogP contribution in [-0.4, -0.2) is 5.71 Å². The molecule has 0 aromatic heterocycles. The van der Waals surface area contributed by atoms with Crippen LogP contribution in [0.3, 0.4) is 0 Å². The highest BCUT2D eigenvalue weighted by molar-refractivity contribution is 5.83. The SMILES string of the molecule is CC#CO/N=C(\CC)CCC. The van der Waals surface area contributed by atoms with E-state index in [0.717, 1.165) is 25.0 Å². The smallest absolute Gasteiger partial charge is 0.148 e. The first-order chi connectivity index (χ1) is 5.35. The summed E-state index contributed by atoms with van der Waals surface area (Å²) in [5.41, 5.74) is 1.08. The highest BCUT2D eigenvalue weighted by Gasteiger charge is 1.93. The number of oxime groups is 1. The highest BCUT2D eigenvalue weighted by Crippen LogP contribution is 1.96. The molecule has 0 rings (SSSR count). The van der Waals surface area contributed by atoms with E-state index in [4.69, 9.17) is 4.84 Å². The average molecular weight is 153 g/mol. The zero-order valence-corrected chi connectivity index (χ0v) is 7.48. The monoisotopic (exact) mass is 153 g/mol. The fourth-order valence-corrected chi connectivity index (χ4v) is 0.709. The molecule has 0 aliphatic heterocycles. The van der Waals surface area contributed by atoms with Gasteiger partial charge < -0.3 is 4.84 Å². The van der Waals surface area contributed by atoms with Gasteiger partial charge in [-0.1, -0.05) is 31.3 Å². The van der Waals surface area contributed by atoms with E-state index < -0.39 is 0 Å². The molecule has 0 saturated heterocycles. The molecule has 0 N–H and O–H groups in total. The van der Waals surface area contributed by atoms with E-state index in [1.165, 1.54) is 0 Å². The van der Waals surface area contributed by atoms with Gasteiger partial charge in [0.2, 0.25) is 0 Å². The third kappa shape index (κ3) is 5.47. The third-order valence-electron chi connectivity index (χ3n) is 1.27. The van der Waals surface area contributed by atoms with Gasteiger partial charge >= 0.3 is 0 Å². The Kier molecular flexibility index (Phi) is 6.51. The molecular weight excluding hydrogens is 138 g/mol. The van der Waals surface area contributed by atoms with Gasteiger partial charge in [-0.2, -0.15) is 0 Å². The molecule has 2 heteroatoms. The Balaban J connectivity index is 3.76. The summed E-state index contributed by atoms with van der Waals surface area (Å²) in [4.78, 5) is 4.72. The first kappa shape index (κ1) is 10.0. The second-order valence-electron chi connectivity index (χ2n) is 2.20. The van der Waals surface area contributed by atoms with Crippen LogP contribution in [0, 0.1) is 12.0 Å². The minimum Gasteiger partial charge on any atom is -0.304 e. The molecule has 0 aromatic rings. The summed E-state index contributed by atoms with van der Waals surface area (Å²) in [6.07, 6.45) is 5.49. The van der Waals surface area contributed by atoms with Crippen molar-refractivity contribution in [1.29, 1.82) is 0 Å². The fourth-order valence-electron chi connectivity index (χ4n) is 0.709. The largest absolute Gasteiger partial charge is 0.304 e. The van der Waals surface area contributed by atoms with Gasteiger partial charge in [-0.05, 0) is 12.8 Å². The average Bonchev–Trinajstić information content (AvgIpc) is 2.03. The van der Waals surface area contributed by atoms with Crippen molar-refractivity contribution < 1.29 is 4.84 Å². The normalized spacial score (nSPS) is 10.3. The lowest BCUT2D eigenvalue weighted by atomic mass is 10.2. The molecule has 0 spiro atoms. The van der Waals surface area contributed by atoms with E-state index in [-0.39, 0.29) is 0 Å². The predicted octanol–water partition coefficient (Wildman–Crippen LogP) is 2.55. The molecule has 2 nitrogen and oxygen atoms in total. The van der Waals surface area contributed by atoms with Crippen LogP contribution in [0.1, 0.15) is 40.0 Å². The second kappa shape index (κ2) is 7.14. The van der Waals surface area contributed by atoms with Crippen LogP contribution in [-0.2, 0) is 4.84 Å². The molecular formula is C9H15NO. The number of rotatable bonds is 4. The van der Waals surface area contributed by atoms with Crippen molar-refractivity contribution in [2.75, 3.05) is 0 Å². The zero-order valence-electron chi connectivity index (χ0n) is 7.48. The van der Waals surface area contributed by atoms with Crippen LogP contribution in [0.25, 0.3) is 0 Å². The minimum absolute atomic E-state index is 0.944. The highest BCUT2D eigenvalue weighted by atomic mass is 16.6. The Morgan fingerprint density at radius 1 is 1.45 bits per heavy atom. The molecule has 0 atom stereocenters. The van der Waals surface area contributed by atoms with Crippen LogP contribution in [0.15, 0.2) is 5.16 Å². The summed E-state index contributed by atoms with van der Waals surface area (Å²) in [6, 6.07) is 0. The van der Waals surface area contributed by atoms with Gasteiger partial charge in [0, 0.05) is 6.92 Å². The molecule has 0 bridgehead atoms. The van der Waals surface area contributed by atoms with Gasteiger partial charge in [0.1, 0.15) is 6.11 Å². The van der Waals surface area contributed by atoms with E-state index in [0.29, 0.717) is 0 Å². The van der Waals surface area contributed by atoms with Crippen molar-refractivity contribution in [3.8, 4) is 12.0 Å². The number of nitrogens with zero attached hydrogens (tertiary/aromatic N) is 1. The lowest BCUT2D eigenvalue weighted by Gasteiger charge is -1.96. The summed E-state index contributed by atoms with van der Waals surface area (Å²) in [5.74, 6) is 2.61. The van der Waals surface area contributed by atoms with Crippen LogP contribution in [0.5, 0.6) is 0 Å². The molecule has 0 fully saturated rings. The molecule has 0 unspecified atom stereocenters. The van der Waals surface area contributed by atoms with Crippen LogP contribution in [0.2, 0.25) is 0 Å². The van der Waals surface area contributed by atoms with Gasteiger partial charge in [0.05, 0.1) is 5.71 Å². The van der Waals surface area contributed by atoms with Crippen molar-refractivity contribution >= 4 is 5.71 Å². The molecule has 0 heterocycles. The van der Waals surface area contributed by atoms with Crippen LogP contribution >= 0.6 is 0 Å². The van der Waals surface area contributed by atoms with Gasteiger partial charge in [-0.25, -0.2) is 0 Å². The zero-order chi connectivity index (χ0) is 8.53. The van der Waals surface area contributed by atoms with Crippen molar-refractivity contribution in [3.05, 3.63) is 0 Å². The van der Waals surface area contributed by atoms with E-state index >= 15 is 0 Å². The van der Waals surface area contributed by atoms with Gasteiger partial charge in [0.25, 0.3) is 0 Å². The molecule has 0 aromatic carbocycles. The molecule has 0 aliphatic carbocycles. The van der Waals surface area contributed by atoms with Gasteiger partial charge in [0.15, 0.2) is 0 Å². The molecule has 0 saturated carbocycles. The van der Waals surface area contributed by atoms with E-state index in [1.54, 1.807) is 6.92 Å². The Morgan fingerprint density at radius 3 is 2.64 bits per heavy atom. The first-order valence-corrected chi connectivity index (χ1v) is 3.98. The third-order valence-corrected chi connectivity index (χ3v) is 1.27. The van der Waals surface area contributed by atoms with Crippen molar-refractivity contribution in [1.82, 2.24) is 0 Å². The maximum absolute atomic E-state index is 4.72. The maximum atomic E-state index is 4.72. The second-order valence-corrected chi connectivity index (χ2v) is 2.20. The van der Waals surface area contributed by atoms with Crippen molar-refractivity contribution in [2.45, 2.75) is 40.0 Å². The molecule has 0 radical (unpaired) electrons. The Morgan fingerprint density at radius 2 is 2.18 bits per heavy atom. The molecule has 11 heavy (non-hydrogen) atoms. The van der Waals surface area contributed by atoms with Crippen LogP contribution in [0.4, 0.5) is 0 Å². The molecule has 0 amide bonds. The summed E-state index contributed by atoms with van der Waals surface area (Å²) in [7, 11) is 0. The topological polar surface area (TPSA) is 21.6 Å². The molecule has 62 valence electrons. The summed E-state index contributed by atoms with van der Waals surface area (Å²) in [5, 5.41) is 3.86. The predicted molar refractivity (Wildman–Crippen MR) is 47.2 cm³/mol. The maximum Gasteiger partial charge on any atom is 0.148 e. The van der Waals surface area contributed by atoms with E-state index in [2.05, 4.69) is 31.0 Å². The summed E-state index contributed by atoms with van der Waals surface area (Å²) < 4.78 is 0. The van der Waals surface area contributed by atoms with E-state index in [9.17, 15) is 0 Å². The van der Waals surface area contributed by atoms with E-state index in [1.807, 2.05) is 0 Å². The summed E-state index contributed by atoms with van der Waals surface area (Å²) in [6.45, 7) is 5.91. The Hall–Kier alpha value is -0.970. The Labute approximate surface area is 68.6 Å². The molecule has 0 aliphatic rings. The quantitative estimate of drug-likeness (QED) is 0.345. The van der Waals surface area contributed by atoms with Gasteiger partial charge in [-0.15, -0.1) is 0 Å². The van der Waals surface area contributed by atoms with Crippen molar-refractivity contribution in [2.24, 2.45) is 5.16 Å².